The Labute approximate surface area is 211 Å². The Morgan fingerprint density at radius 3 is 2.44 bits per heavy atom. The van der Waals surface area contributed by atoms with E-state index in [4.69, 9.17) is 16.7 Å². The Kier molecular flexibility index (Phi) is 7.70. The maximum absolute atomic E-state index is 13.1. The normalized spacial score (nSPS) is 11.6. The summed E-state index contributed by atoms with van der Waals surface area (Å²) in [6, 6.07) is 15.8. The lowest BCUT2D eigenvalue weighted by Crippen LogP contribution is -2.28. The third-order valence-corrected chi connectivity index (χ3v) is 5.75. The van der Waals surface area contributed by atoms with Gasteiger partial charge in [0, 0.05) is 48.8 Å². The van der Waals surface area contributed by atoms with Crippen LogP contribution in [0.25, 0.3) is 22.3 Å². The van der Waals surface area contributed by atoms with Gasteiger partial charge in [-0.3, -0.25) is 19.4 Å². The van der Waals surface area contributed by atoms with Gasteiger partial charge in [0.05, 0.1) is 6.54 Å². The van der Waals surface area contributed by atoms with E-state index in [2.05, 4.69) is 15.3 Å². The molecular weight excluding hydrogens is 486 g/mol. The van der Waals surface area contributed by atoms with E-state index in [9.17, 15) is 13.6 Å². The molecule has 0 saturated carbocycles. The Morgan fingerprint density at radius 2 is 1.81 bits per heavy atom. The Bertz CT molecular complexity index is 1430. The number of carbonyl (C=O) groups is 1. The minimum absolute atomic E-state index is 0.256. The van der Waals surface area contributed by atoms with E-state index in [0.717, 1.165) is 22.3 Å². The Morgan fingerprint density at radius 1 is 1.08 bits per heavy atom. The maximum Gasteiger partial charge on any atom is 0.280 e. The van der Waals surface area contributed by atoms with Gasteiger partial charge >= 0.3 is 0 Å². The molecule has 10 heteroatoms. The molecule has 7 nitrogen and oxygen atoms in total. The molecule has 0 atom stereocenters. The highest BCUT2D eigenvalue weighted by Crippen LogP contribution is 2.30. The quantitative estimate of drug-likeness (QED) is 0.260. The number of hydrogen-bond donors (Lipinski definition) is 1. The molecule has 0 aliphatic rings. The van der Waals surface area contributed by atoms with Crippen molar-refractivity contribution in [2.24, 2.45) is 5.10 Å². The molecule has 184 valence electrons. The highest BCUT2D eigenvalue weighted by Gasteiger charge is 2.16. The summed E-state index contributed by atoms with van der Waals surface area (Å²) < 4.78 is 27.6. The summed E-state index contributed by atoms with van der Waals surface area (Å²) in [7, 11) is 3.36. The zero-order valence-electron chi connectivity index (χ0n) is 19.6. The molecule has 0 spiro atoms. The number of pyridine rings is 3. The number of halogens is 3. The predicted octanol–water partition coefficient (Wildman–Crippen LogP) is 5.23. The number of carbonyl (C=O) groups excluding carboxylic acids is 1. The van der Waals surface area contributed by atoms with Gasteiger partial charge in [0.15, 0.2) is 5.49 Å². The smallest absolute Gasteiger partial charge is 0.280 e. The summed E-state index contributed by atoms with van der Waals surface area (Å²) in [4.78, 5) is 20.1. The molecule has 0 aliphatic carbocycles. The van der Waals surface area contributed by atoms with E-state index >= 15 is 0 Å². The second-order valence-electron chi connectivity index (χ2n) is 7.89. The minimum atomic E-state index is -2.67. The van der Waals surface area contributed by atoms with Crippen molar-refractivity contribution in [1.29, 1.82) is 0 Å². The van der Waals surface area contributed by atoms with Crippen molar-refractivity contribution in [3.05, 3.63) is 95.0 Å². The molecule has 3 aromatic heterocycles. The lowest BCUT2D eigenvalue weighted by atomic mass is 9.96. The lowest BCUT2D eigenvalue weighted by molar-refractivity contribution is 0.146. The van der Waals surface area contributed by atoms with Crippen LogP contribution in [0.1, 0.15) is 17.7 Å². The second-order valence-corrected chi connectivity index (χ2v) is 8.33. The van der Waals surface area contributed by atoms with Gasteiger partial charge in [-0.2, -0.15) is 5.10 Å². The van der Waals surface area contributed by atoms with Gasteiger partial charge in [0.1, 0.15) is 11.5 Å². The highest BCUT2D eigenvalue weighted by atomic mass is 35.5. The highest BCUT2D eigenvalue weighted by molar-refractivity contribution is 6.30. The zero-order chi connectivity index (χ0) is 25.7. The molecule has 4 rings (SSSR count). The lowest BCUT2D eigenvalue weighted by Gasteiger charge is -2.18. The molecule has 0 unspecified atom stereocenters. The molecule has 4 aromatic rings. The molecule has 36 heavy (non-hydrogen) atoms. The van der Waals surface area contributed by atoms with Crippen molar-refractivity contribution in [2.45, 2.75) is 13.0 Å². The molecule has 0 bridgehead atoms. The summed E-state index contributed by atoms with van der Waals surface area (Å²) in [5.41, 5.74) is 4.05. The SMILES string of the molecule is CNc1nc(C(F)F)ccc1CN(C)/N=c1/c(-c2ccncc2)c(-c2ccc(Cl)cc2)ccn1C=O. The van der Waals surface area contributed by atoms with Gasteiger partial charge in [0.25, 0.3) is 6.43 Å². The van der Waals surface area contributed by atoms with Crippen LogP contribution >= 0.6 is 11.6 Å². The van der Waals surface area contributed by atoms with E-state index in [1.54, 1.807) is 55.9 Å². The number of benzene rings is 1. The monoisotopic (exact) mass is 508 g/mol. The van der Waals surface area contributed by atoms with Gasteiger partial charge in [-0.05, 0) is 53.1 Å². The van der Waals surface area contributed by atoms with Crippen molar-refractivity contribution in [2.75, 3.05) is 19.4 Å². The van der Waals surface area contributed by atoms with E-state index < -0.39 is 6.43 Å². The van der Waals surface area contributed by atoms with Gasteiger partial charge in [0.2, 0.25) is 6.41 Å². The molecule has 0 fully saturated rings. The number of nitrogens with zero attached hydrogens (tertiary/aromatic N) is 5. The second kappa shape index (κ2) is 11.1. The van der Waals surface area contributed by atoms with Crippen LogP contribution in [0.3, 0.4) is 0 Å². The maximum atomic E-state index is 13.1. The van der Waals surface area contributed by atoms with Gasteiger partial charge in [-0.15, -0.1) is 0 Å². The van der Waals surface area contributed by atoms with Crippen LogP contribution in [0, 0.1) is 0 Å². The molecule has 0 radical (unpaired) electrons. The van der Waals surface area contributed by atoms with Crippen LogP contribution in [0.5, 0.6) is 0 Å². The first kappa shape index (κ1) is 25.0. The molecule has 0 aliphatic heterocycles. The summed E-state index contributed by atoms with van der Waals surface area (Å²) in [6.45, 7) is 0.256. The third kappa shape index (κ3) is 5.41. The Hall–Kier alpha value is -4.11. The van der Waals surface area contributed by atoms with Gasteiger partial charge in [-0.25, -0.2) is 13.8 Å². The fraction of sp³-hybridized carbons (Fsp3) is 0.154. The average molecular weight is 509 g/mol. The Balaban J connectivity index is 1.86. The molecule has 1 N–H and O–H groups in total. The number of rotatable bonds is 8. The first-order valence-corrected chi connectivity index (χ1v) is 11.4. The molecular formula is C26H23ClF2N6O. The van der Waals surface area contributed by atoms with Crippen molar-refractivity contribution >= 4 is 23.8 Å². The fourth-order valence-corrected chi connectivity index (χ4v) is 3.96. The van der Waals surface area contributed by atoms with Crippen molar-refractivity contribution in [3.63, 3.8) is 0 Å². The van der Waals surface area contributed by atoms with Crippen LogP contribution in [-0.4, -0.2) is 40.0 Å². The fourth-order valence-electron chi connectivity index (χ4n) is 3.83. The largest absolute Gasteiger partial charge is 0.373 e. The van der Waals surface area contributed by atoms with E-state index in [1.807, 2.05) is 30.3 Å². The van der Waals surface area contributed by atoms with E-state index in [-0.39, 0.29) is 12.2 Å². The third-order valence-electron chi connectivity index (χ3n) is 5.50. The molecule has 0 amide bonds. The van der Waals surface area contributed by atoms with Crippen molar-refractivity contribution < 1.29 is 13.6 Å². The van der Waals surface area contributed by atoms with Crippen LogP contribution in [0.2, 0.25) is 5.02 Å². The number of aromatic nitrogens is 3. The van der Waals surface area contributed by atoms with Gasteiger partial charge in [-0.1, -0.05) is 29.8 Å². The van der Waals surface area contributed by atoms with Gasteiger partial charge < -0.3 is 5.32 Å². The zero-order valence-corrected chi connectivity index (χ0v) is 20.3. The van der Waals surface area contributed by atoms with Crippen molar-refractivity contribution in [3.8, 4) is 22.3 Å². The average Bonchev–Trinajstić information content (AvgIpc) is 2.89. The van der Waals surface area contributed by atoms with Crippen LogP contribution in [0.15, 0.2) is 78.3 Å². The van der Waals surface area contributed by atoms with Crippen LogP contribution in [-0.2, 0) is 11.3 Å². The number of nitrogens with one attached hydrogen (secondary N) is 1. The molecule has 0 saturated heterocycles. The summed E-state index contributed by atoms with van der Waals surface area (Å²) in [5.74, 6) is 0.336. The van der Waals surface area contributed by atoms with Crippen LogP contribution in [0.4, 0.5) is 14.6 Å². The van der Waals surface area contributed by atoms with Crippen LogP contribution < -0.4 is 10.8 Å². The summed E-state index contributed by atoms with van der Waals surface area (Å²) >= 11 is 6.10. The van der Waals surface area contributed by atoms with E-state index in [0.29, 0.717) is 28.3 Å². The number of anilines is 1. The van der Waals surface area contributed by atoms with Crippen molar-refractivity contribution in [1.82, 2.24) is 19.5 Å². The number of alkyl halides is 2. The molecule has 1 aromatic carbocycles. The first-order chi connectivity index (χ1) is 17.4. The number of hydrogen-bond acceptors (Lipinski definition) is 6. The minimum Gasteiger partial charge on any atom is -0.373 e. The summed E-state index contributed by atoms with van der Waals surface area (Å²) in [5, 5.41) is 9.86. The standard InChI is InChI=1S/C26H23ClF2N6O/c1-30-25-19(5-8-22(32-25)24(28)29)15-34(2)33-26-23(18-9-12-31-13-10-18)21(11-14-35(26)16-36)17-3-6-20(27)7-4-17/h3-14,16,24H,15H2,1-2H3,(H,30,32)/b33-26-. The topological polar surface area (TPSA) is 75.4 Å². The molecule has 3 heterocycles. The van der Waals surface area contributed by atoms with E-state index in [1.165, 1.54) is 10.6 Å². The first-order valence-electron chi connectivity index (χ1n) is 11.0. The summed E-state index contributed by atoms with van der Waals surface area (Å²) in [6.07, 6.45) is 3.00. The predicted molar refractivity (Wildman–Crippen MR) is 136 cm³/mol.